The van der Waals surface area contributed by atoms with Gasteiger partial charge in [0.25, 0.3) is 0 Å². The summed E-state index contributed by atoms with van der Waals surface area (Å²) in [5, 5.41) is 7.93. The molecule has 16 heavy (non-hydrogen) atoms. The molecule has 1 heterocycles. The molecule has 1 N–H and O–H groups in total. The van der Waals surface area contributed by atoms with E-state index in [9.17, 15) is 0 Å². The van der Waals surface area contributed by atoms with Crippen LogP contribution in [0.3, 0.4) is 0 Å². The number of rotatable bonds is 3. The van der Waals surface area contributed by atoms with E-state index < -0.39 is 0 Å². The van der Waals surface area contributed by atoms with Crippen LogP contribution in [0.25, 0.3) is 0 Å². The van der Waals surface area contributed by atoms with Gasteiger partial charge in [0.05, 0.1) is 5.84 Å². The van der Waals surface area contributed by atoms with Crippen molar-refractivity contribution in [3.63, 3.8) is 0 Å². The zero-order valence-corrected chi connectivity index (χ0v) is 9.95. The highest BCUT2D eigenvalue weighted by Crippen LogP contribution is 2.19. The van der Waals surface area contributed by atoms with Gasteiger partial charge in [-0.15, -0.1) is 0 Å². The number of hydrogen-bond acceptors (Lipinski definition) is 1. The lowest BCUT2D eigenvalue weighted by Gasteiger charge is -2.31. The van der Waals surface area contributed by atoms with E-state index in [4.69, 9.17) is 5.41 Å². The topological polar surface area (TPSA) is 27.1 Å². The zero-order chi connectivity index (χ0) is 11.4. The largest absolute Gasteiger partial charge is 0.360 e. The molecular weight excluding hydrogens is 196 g/mol. The van der Waals surface area contributed by atoms with Crippen LogP contribution in [0, 0.1) is 5.41 Å². The summed E-state index contributed by atoms with van der Waals surface area (Å²) >= 11 is 0. The van der Waals surface area contributed by atoms with Gasteiger partial charge in [-0.25, -0.2) is 0 Å². The maximum absolute atomic E-state index is 7.93. The van der Waals surface area contributed by atoms with E-state index in [1.165, 1.54) is 18.4 Å². The summed E-state index contributed by atoms with van der Waals surface area (Å²) in [5.74, 6) is 1.34. The second kappa shape index (κ2) is 5.15. The number of nitrogens with zero attached hydrogens (tertiary/aromatic N) is 1. The zero-order valence-electron chi connectivity index (χ0n) is 9.95. The first-order chi connectivity index (χ1) is 7.77. The third-order valence-corrected chi connectivity index (χ3v) is 3.34. The Morgan fingerprint density at radius 2 is 2.00 bits per heavy atom. The fourth-order valence-electron chi connectivity index (χ4n) is 2.31. The van der Waals surface area contributed by atoms with Gasteiger partial charge in [-0.1, -0.05) is 37.3 Å². The van der Waals surface area contributed by atoms with Crippen LogP contribution in [-0.4, -0.2) is 23.8 Å². The molecule has 1 aliphatic rings. The molecule has 0 saturated carbocycles. The van der Waals surface area contributed by atoms with E-state index in [0.717, 1.165) is 25.3 Å². The van der Waals surface area contributed by atoms with Crippen LogP contribution in [0.1, 0.15) is 37.7 Å². The number of nitrogens with one attached hydrogen (secondary N) is 1. The quantitative estimate of drug-likeness (QED) is 0.825. The maximum Gasteiger partial charge on any atom is 0.0957 e. The van der Waals surface area contributed by atoms with E-state index in [-0.39, 0.29) is 0 Å². The number of amidine groups is 1. The summed E-state index contributed by atoms with van der Waals surface area (Å²) < 4.78 is 0. The first-order valence-corrected chi connectivity index (χ1v) is 6.14. The Kier molecular flexibility index (Phi) is 3.60. The van der Waals surface area contributed by atoms with Crippen molar-refractivity contribution in [3.05, 3.63) is 35.9 Å². The van der Waals surface area contributed by atoms with Crippen molar-refractivity contribution in [3.8, 4) is 0 Å². The standard InChI is InChI=1S/C14H20N2/c1-12(13-7-3-2-4-8-13)11-16-10-6-5-9-14(16)15/h2-4,7-8,12,15H,5-6,9-11H2,1H3. The van der Waals surface area contributed by atoms with Crippen LogP contribution >= 0.6 is 0 Å². The molecule has 0 amide bonds. The predicted octanol–water partition coefficient (Wildman–Crippen LogP) is 3.25. The molecule has 2 heteroatoms. The summed E-state index contributed by atoms with van der Waals surface area (Å²) in [6.07, 6.45) is 3.39. The van der Waals surface area contributed by atoms with Gasteiger partial charge in [0.1, 0.15) is 0 Å². The van der Waals surface area contributed by atoms with Crippen molar-refractivity contribution >= 4 is 5.84 Å². The number of benzene rings is 1. The minimum absolute atomic E-state index is 0.514. The Hall–Kier alpha value is -1.31. The normalized spacial score (nSPS) is 18.6. The van der Waals surface area contributed by atoms with Crippen LogP contribution in [0.4, 0.5) is 0 Å². The molecule has 1 aromatic rings. The number of piperidine rings is 1. The average Bonchev–Trinajstić information content (AvgIpc) is 2.33. The van der Waals surface area contributed by atoms with Gasteiger partial charge < -0.3 is 4.90 Å². The summed E-state index contributed by atoms with van der Waals surface area (Å²) in [5.41, 5.74) is 1.38. The third-order valence-electron chi connectivity index (χ3n) is 3.34. The first kappa shape index (κ1) is 11.2. The first-order valence-electron chi connectivity index (χ1n) is 6.14. The van der Waals surface area contributed by atoms with Crippen molar-refractivity contribution in [1.82, 2.24) is 4.90 Å². The monoisotopic (exact) mass is 216 g/mol. The molecular formula is C14H20N2. The highest BCUT2D eigenvalue weighted by Gasteiger charge is 2.17. The highest BCUT2D eigenvalue weighted by atomic mass is 15.2. The second-order valence-electron chi connectivity index (χ2n) is 4.66. The van der Waals surface area contributed by atoms with Crippen molar-refractivity contribution in [2.45, 2.75) is 32.1 Å². The molecule has 1 aromatic carbocycles. The van der Waals surface area contributed by atoms with Gasteiger partial charge in [-0.05, 0) is 24.3 Å². The lowest BCUT2D eigenvalue weighted by atomic mass is 9.99. The number of hydrogen-bond donors (Lipinski definition) is 1. The highest BCUT2D eigenvalue weighted by molar-refractivity contribution is 5.79. The van der Waals surface area contributed by atoms with Crippen LogP contribution in [0.5, 0.6) is 0 Å². The molecule has 2 rings (SSSR count). The fourth-order valence-corrected chi connectivity index (χ4v) is 2.31. The summed E-state index contributed by atoms with van der Waals surface area (Å²) in [4.78, 5) is 2.24. The van der Waals surface area contributed by atoms with E-state index in [0.29, 0.717) is 5.92 Å². The Morgan fingerprint density at radius 3 is 2.69 bits per heavy atom. The van der Waals surface area contributed by atoms with Gasteiger partial charge in [0, 0.05) is 19.5 Å². The molecule has 0 spiro atoms. The van der Waals surface area contributed by atoms with Gasteiger partial charge in [0.15, 0.2) is 0 Å². The van der Waals surface area contributed by atoms with Crippen LogP contribution in [0.2, 0.25) is 0 Å². The molecule has 0 aromatic heterocycles. The van der Waals surface area contributed by atoms with Gasteiger partial charge >= 0.3 is 0 Å². The molecule has 1 saturated heterocycles. The van der Waals surface area contributed by atoms with Crippen LogP contribution in [0.15, 0.2) is 30.3 Å². The van der Waals surface area contributed by atoms with Crippen molar-refractivity contribution in [2.24, 2.45) is 0 Å². The van der Waals surface area contributed by atoms with Gasteiger partial charge in [0.2, 0.25) is 0 Å². The molecule has 1 aliphatic heterocycles. The minimum atomic E-state index is 0.514. The summed E-state index contributed by atoms with van der Waals surface area (Å²) in [6, 6.07) is 10.6. The molecule has 1 unspecified atom stereocenters. The maximum atomic E-state index is 7.93. The second-order valence-corrected chi connectivity index (χ2v) is 4.66. The predicted molar refractivity (Wildman–Crippen MR) is 68.0 cm³/mol. The fraction of sp³-hybridized carbons (Fsp3) is 0.500. The third kappa shape index (κ3) is 2.63. The molecule has 0 aliphatic carbocycles. The summed E-state index contributed by atoms with van der Waals surface area (Å²) in [6.45, 7) is 4.30. The van der Waals surface area contributed by atoms with Gasteiger partial charge in [-0.2, -0.15) is 0 Å². The molecule has 2 nitrogen and oxygen atoms in total. The van der Waals surface area contributed by atoms with Crippen molar-refractivity contribution < 1.29 is 0 Å². The van der Waals surface area contributed by atoms with E-state index in [1.54, 1.807) is 0 Å². The number of likely N-dealkylation sites (tertiary alicyclic amines) is 1. The Labute approximate surface area is 97.8 Å². The van der Waals surface area contributed by atoms with E-state index in [1.807, 2.05) is 0 Å². The lowest BCUT2D eigenvalue weighted by molar-refractivity contribution is 0.349. The average molecular weight is 216 g/mol. The van der Waals surface area contributed by atoms with Crippen molar-refractivity contribution in [1.29, 1.82) is 5.41 Å². The smallest absolute Gasteiger partial charge is 0.0957 e. The Morgan fingerprint density at radius 1 is 1.25 bits per heavy atom. The minimum Gasteiger partial charge on any atom is -0.360 e. The van der Waals surface area contributed by atoms with Gasteiger partial charge in [-0.3, -0.25) is 5.41 Å². The molecule has 1 fully saturated rings. The van der Waals surface area contributed by atoms with Crippen LogP contribution < -0.4 is 0 Å². The molecule has 0 bridgehead atoms. The summed E-state index contributed by atoms with van der Waals surface area (Å²) in [7, 11) is 0. The van der Waals surface area contributed by atoms with Crippen LogP contribution in [-0.2, 0) is 0 Å². The SMILES string of the molecule is CC(CN1CCCCC1=N)c1ccccc1. The van der Waals surface area contributed by atoms with E-state index in [2.05, 4.69) is 42.2 Å². The lowest BCUT2D eigenvalue weighted by Crippen LogP contribution is -2.37. The van der Waals surface area contributed by atoms with Crippen molar-refractivity contribution in [2.75, 3.05) is 13.1 Å². The van der Waals surface area contributed by atoms with E-state index >= 15 is 0 Å². The Bertz CT molecular complexity index is 345. The molecule has 1 atom stereocenters. The molecule has 0 radical (unpaired) electrons. The molecule has 86 valence electrons. The Balaban J connectivity index is 1.96.